The fourth-order valence-electron chi connectivity index (χ4n) is 3.11. The summed E-state index contributed by atoms with van der Waals surface area (Å²) >= 11 is 0. The maximum absolute atomic E-state index is 3.76. The molecule has 2 atom stereocenters. The normalized spacial score (nSPS) is 32.9. The summed E-state index contributed by atoms with van der Waals surface area (Å²) in [6.07, 6.45) is 6.68. The molecule has 0 aliphatic carbocycles. The molecule has 2 heteroatoms. The van der Waals surface area contributed by atoms with E-state index in [9.17, 15) is 0 Å². The molecule has 2 N–H and O–H groups in total. The van der Waals surface area contributed by atoms with Crippen molar-refractivity contribution in [2.45, 2.75) is 50.4 Å². The molecule has 2 heterocycles. The molecule has 3 rings (SSSR count). The Morgan fingerprint density at radius 2 is 2.06 bits per heavy atom. The lowest BCUT2D eigenvalue weighted by molar-refractivity contribution is 0.219. The third-order valence-corrected chi connectivity index (χ3v) is 4.03. The molecular formula is C14H20N2. The molecule has 16 heavy (non-hydrogen) atoms. The Kier molecular flexibility index (Phi) is 2.70. The van der Waals surface area contributed by atoms with Gasteiger partial charge in [-0.05, 0) is 37.7 Å². The van der Waals surface area contributed by atoms with E-state index in [1.165, 1.54) is 37.7 Å². The summed E-state index contributed by atoms with van der Waals surface area (Å²) in [5.74, 6) is 0. The van der Waals surface area contributed by atoms with Crippen LogP contribution in [0.5, 0.6) is 0 Å². The summed E-state index contributed by atoms with van der Waals surface area (Å²) in [4.78, 5) is 0. The Hall–Kier alpha value is -0.860. The standard InChI is InChI=1S/C14H20N2/c1-2-5-12(6-3-1)11-15-14-9-4-7-13(16-14)8-10-14/h1-3,5-6,13,15-16H,4,7-11H2. The van der Waals surface area contributed by atoms with Crippen molar-refractivity contribution in [1.82, 2.24) is 10.6 Å². The van der Waals surface area contributed by atoms with Gasteiger partial charge in [0.05, 0.1) is 5.66 Å². The first-order chi connectivity index (χ1) is 7.86. The molecule has 2 bridgehead atoms. The second-order valence-electron chi connectivity index (χ2n) is 5.19. The lowest BCUT2D eigenvalue weighted by Crippen LogP contribution is -2.56. The minimum atomic E-state index is 0.249. The molecule has 2 unspecified atom stereocenters. The summed E-state index contributed by atoms with van der Waals surface area (Å²) in [5.41, 5.74) is 1.63. The van der Waals surface area contributed by atoms with E-state index in [0.717, 1.165) is 12.6 Å². The van der Waals surface area contributed by atoms with Crippen LogP contribution in [0, 0.1) is 0 Å². The minimum Gasteiger partial charge on any atom is -0.297 e. The van der Waals surface area contributed by atoms with Crippen molar-refractivity contribution in [2.24, 2.45) is 0 Å². The zero-order valence-electron chi connectivity index (χ0n) is 9.71. The third-order valence-electron chi connectivity index (χ3n) is 4.03. The van der Waals surface area contributed by atoms with Gasteiger partial charge in [-0.2, -0.15) is 0 Å². The first-order valence-corrected chi connectivity index (χ1v) is 6.43. The number of nitrogens with one attached hydrogen (secondary N) is 2. The Morgan fingerprint density at radius 1 is 1.19 bits per heavy atom. The van der Waals surface area contributed by atoms with Gasteiger partial charge in [0, 0.05) is 12.6 Å². The van der Waals surface area contributed by atoms with Crippen LogP contribution < -0.4 is 10.6 Å². The van der Waals surface area contributed by atoms with Crippen LogP contribution in [0.15, 0.2) is 30.3 Å². The van der Waals surface area contributed by atoms with E-state index in [1.54, 1.807) is 0 Å². The summed E-state index contributed by atoms with van der Waals surface area (Å²) in [6.45, 7) is 0.987. The van der Waals surface area contributed by atoms with Crippen LogP contribution in [0.2, 0.25) is 0 Å². The van der Waals surface area contributed by atoms with E-state index >= 15 is 0 Å². The monoisotopic (exact) mass is 216 g/mol. The Bertz CT molecular complexity index is 345. The van der Waals surface area contributed by atoms with Gasteiger partial charge in [-0.3, -0.25) is 10.6 Å². The van der Waals surface area contributed by atoms with Crippen LogP contribution in [0.1, 0.15) is 37.7 Å². The van der Waals surface area contributed by atoms with Gasteiger partial charge in [0.15, 0.2) is 0 Å². The molecule has 1 aromatic carbocycles. The van der Waals surface area contributed by atoms with Crippen LogP contribution in [0.25, 0.3) is 0 Å². The summed E-state index contributed by atoms with van der Waals surface area (Å²) < 4.78 is 0. The van der Waals surface area contributed by atoms with Crippen molar-refractivity contribution in [1.29, 1.82) is 0 Å². The summed E-state index contributed by atoms with van der Waals surface area (Å²) in [6, 6.07) is 11.5. The number of fused-ring (bicyclic) bond motifs is 2. The van der Waals surface area contributed by atoms with Gasteiger partial charge in [0.2, 0.25) is 0 Å². The molecule has 2 nitrogen and oxygen atoms in total. The number of piperidine rings is 1. The highest BCUT2D eigenvalue weighted by molar-refractivity contribution is 5.15. The Morgan fingerprint density at radius 3 is 2.94 bits per heavy atom. The maximum Gasteiger partial charge on any atom is 0.0692 e. The average molecular weight is 216 g/mol. The number of hydrogen-bond acceptors (Lipinski definition) is 2. The maximum atomic E-state index is 3.76. The first-order valence-electron chi connectivity index (χ1n) is 6.43. The van der Waals surface area contributed by atoms with Gasteiger partial charge in [0.1, 0.15) is 0 Å². The molecule has 2 fully saturated rings. The van der Waals surface area contributed by atoms with Crippen molar-refractivity contribution in [3.8, 4) is 0 Å². The summed E-state index contributed by atoms with van der Waals surface area (Å²) in [7, 11) is 0. The van der Waals surface area contributed by atoms with E-state index < -0.39 is 0 Å². The van der Waals surface area contributed by atoms with E-state index in [4.69, 9.17) is 0 Å². The number of benzene rings is 1. The van der Waals surface area contributed by atoms with Gasteiger partial charge in [-0.25, -0.2) is 0 Å². The highest BCUT2D eigenvalue weighted by Gasteiger charge is 2.40. The number of rotatable bonds is 3. The predicted molar refractivity (Wildman–Crippen MR) is 66.0 cm³/mol. The molecule has 86 valence electrons. The van der Waals surface area contributed by atoms with Crippen LogP contribution in [0.3, 0.4) is 0 Å². The lowest BCUT2D eigenvalue weighted by Gasteiger charge is -2.35. The Labute approximate surface area is 97.4 Å². The van der Waals surface area contributed by atoms with Gasteiger partial charge in [0.25, 0.3) is 0 Å². The summed E-state index contributed by atoms with van der Waals surface area (Å²) in [5, 5.41) is 7.49. The van der Waals surface area contributed by atoms with Crippen molar-refractivity contribution in [3.63, 3.8) is 0 Å². The molecule has 0 radical (unpaired) electrons. The largest absolute Gasteiger partial charge is 0.297 e. The third kappa shape index (κ3) is 2.00. The van der Waals surface area contributed by atoms with Crippen molar-refractivity contribution in [2.75, 3.05) is 0 Å². The van der Waals surface area contributed by atoms with Crippen LogP contribution in [-0.2, 0) is 6.54 Å². The molecule has 2 saturated heterocycles. The smallest absolute Gasteiger partial charge is 0.0692 e. The molecular weight excluding hydrogens is 196 g/mol. The first kappa shape index (κ1) is 10.3. The fourth-order valence-corrected chi connectivity index (χ4v) is 3.11. The molecule has 2 aliphatic rings. The lowest BCUT2D eigenvalue weighted by atomic mass is 9.99. The molecule has 0 amide bonds. The number of hydrogen-bond donors (Lipinski definition) is 2. The zero-order valence-corrected chi connectivity index (χ0v) is 9.71. The van der Waals surface area contributed by atoms with E-state index in [0.29, 0.717) is 0 Å². The second kappa shape index (κ2) is 4.19. The van der Waals surface area contributed by atoms with Crippen molar-refractivity contribution >= 4 is 0 Å². The minimum absolute atomic E-state index is 0.249. The van der Waals surface area contributed by atoms with Crippen LogP contribution in [0.4, 0.5) is 0 Å². The van der Waals surface area contributed by atoms with Gasteiger partial charge < -0.3 is 0 Å². The van der Waals surface area contributed by atoms with Crippen LogP contribution >= 0.6 is 0 Å². The Balaban J connectivity index is 1.63. The molecule has 0 aromatic heterocycles. The molecule has 0 spiro atoms. The zero-order chi connectivity index (χ0) is 10.8. The van der Waals surface area contributed by atoms with Gasteiger partial charge in [-0.1, -0.05) is 30.3 Å². The quantitative estimate of drug-likeness (QED) is 0.810. The second-order valence-corrected chi connectivity index (χ2v) is 5.19. The fraction of sp³-hybridized carbons (Fsp3) is 0.571. The highest BCUT2D eigenvalue weighted by atomic mass is 15.2. The average Bonchev–Trinajstić information content (AvgIpc) is 2.64. The van der Waals surface area contributed by atoms with Crippen LogP contribution in [-0.4, -0.2) is 11.7 Å². The topological polar surface area (TPSA) is 24.1 Å². The molecule has 1 aromatic rings. The van der Waals surface area contributed by atoms with E-state index in [1.807, 2.05) is 0 Å². The highest BCUT2D eigenvalue weighted by Crippen LogP contribution is 2.33. The molecule has 2 aliphatic heterocycles. The molecule has 0 saturated carbocycles. The predicted octanol–water partition coefficient (Wildman–Crippen LogP) is 2.41. The van der Waals surface area contributed by atoms with Crippen molar-refractivity contribution in [3.05, 3.63) is 35.9 Å². The van der Waals surface area contributed by atoms with E-state index in [2.05, 4.69) is 41.0 Å². The van der Waals surface area contributed by atoms with Crippen molar-refractivity contribution < 1.29 is 0 Å². The SMILES string of the molecule is c1ccc(CNC23CCCC(CC2)N3)cc1. The van der Waals surface area contributed by atoms with Gasteiger partial charge >= 0.3 is 0 Å². The van der Waals surface area contributed by atoms with Gasteiger partial charge in [-0.15, -0.1) is 0 Å². The van der Waals surface area contributed by atoms with E-state index in [-0.39, 0.29) is 5.66 Å².